The molecule has 0 N–H and O–H groups in total. The van der Waals surface area contributed by atoms with E-state index < -0.39 is 0 Å². The Morgan fingerprint density at radius 2 is 1.90 bits per heavy atom. The zero-order valence-electron chi connectivity index (χ0n) is 13.0. The molecule has 0 heterocycles. The van der Waals surface area contributed by atoms with Gasteiger partial charge in [-0.25, -0.2) is 0 Å². The van der Waals surface area contributed by atoms with Crippen LogP contribution in [-0.2, 0) is 9.59 Å². The number of ether oxygens (including phenoxy) is 1. The Labute approximate surface area is 126 Å². The summed E-state index contributed by atoms with van der Waals surface area (Å²) in [6.45, 7) is 7.90. The van der Waals surface area contributed by atoms with Crippen LogP contribution in [0.3, 0.4) is 0 Å². The summed E-state index contributed by atoms with van der Waals surface area (Å²) in [5.41, 5.74) is 0.734. The summed E-state index contributed by atoms with van der Waals surface area (Å²) in [7, 11) is 1.59. The zero-order valence-corrected chi connectivity index (χ0v) is 13.0. The fourth-order valence-corrected chi connectivity index (χ4v) is 2.03. The molecule has 21 heavy (non-hydrogen) atoms. The summed E-state index contributed by atoms with van der Waals surface area (Å²) in [5, 5.41) is 0. The van der Waals surface area contributed by atoms with Crippen LogP contribution < -0.4 is 9.64 Å². The standard InChI is InChI=1S/C17H23NO3/c1-5-17(20)18(11-10-15(19)12-13(2)3)14-6-8-16(21-4)9-7-14/h5-9,13H,1,10-12H2,2-4H3. The van der Waals surface area contributed by atoms with Gasteiger partial charge in [0.15, 0.2) is 0 Å². The molecule has 0 fully saturated rings. The number of hydrogen-bond donors (Lipinski definition) is 0. The molecule has 0 aliphatic rings. The molecule has 1 aromatic rings. The molecule has 1 rings (SSSR count). The van der Waals surface area contributed by atoms with Crippen LogP contribution in [0.4, 0.5) is 5.69 Å². The van der Waals surface area contributed by atoms with Crippen molar-refractivity contribution >= 4 is 17.4 Å². The summed E-state index contributed by atoms with van der Waals surface area (Å²) >= 11 is 0. The molecule has 0 aromatic heterocycles. The normalized spacial score (nSPS) is 10.3. The molecule has 4 nitrogen and oxygen atoms in total. The number of carbonyl (C=O) groups excluding carboxylic acids is 2. The summed E-state index contributed by atoms with van der Waals surface area (Å²) in [6, 6.07) is 7.17. The number of anilines is 1. The average molecular weight is 289 g/mol. The smallest absolute Gasteiger partial charge is 0.250 e. The second-order valence-corrected chi connectivity index (χ2v) is 5.28. The lowest BCUT2D eigenvalue weighted by molar-refractivity contribution is -0.119. The van der Waals surface area contributed by atoms with Gasteiger partial charge in [0, 0.05) is 25.1 Å². The van der Waals surface area contributed by atoms with Gasteiger partial charge in [0.1, 0.15) is 11.5 Å². The van der Waals surface area contributed by atoms with Gasteiger partial charge in [-0.15, -0.1) is 0 Å². The highest BCUT2D eigenvalue weighted by atomic mass is 16.5. The average Bonchev–Trinajstić information content (AvgIpc) is 2.47. The predicted molar refractivity (Wildman–Crippen MR) is 84.6 cm³/mol. The number of methoxy groups -OCH3 is 1. The van der Waals surface area contributed by atoms with Crippen molar-refractivity contribution in [2.24, 2.45) is 5.92 Å². The van der Waals surface area contributed by atoms with Crippen LogP contribution in [0.5, 0.6) is 5.75 Å². The first-order valence-corrected chi connectivity index (χ1v) is 7.07. The van der Waals surface area contributed by atoms with Gasteiger partial charge in [0.2, 0.25) is 5.91 Å². The van der Waals surface area contributed by atoms with Crippen molar-refractivity contribution in [3.05, 3.63) is 36.9 Å². The van der Waals surface area contributed by atoms with E-state index in [4.69, 9.17) is 4.74 Å². The highest BCUT2D eigenvalue weighted by Gasteiger charge is 2.15. The van der Waals surface area contributed by atoms with Gasteiger partial charge in [-0.05, 0) is 36.3 Å². The molecule has 0 spiro atoms. The van der Waals surface area contributed by atoms with E-state index in [1.54, 1.807) is 36.3 Å². The van der Waals surface area contributed by atoms with Gasteiger partial charge in [-0.2, -0.15) is 0 Å². The molecule has 0 radical (unpaired) electrons. The number of ketones is 1. The molecule has 4 heteroatoms. The quantitative estimate of drug-likeness (QED) is 0.690. The van der Waals surface area contributed by atoms with Crippen molar-refractivity contribution in [1.82, 2.24) is 0 Å². The molecule has 0 aliphatic heterocycles. The number of carbonyl (C=O) groups is 2. The van der Waals surface area contributed by atoms with Crippen molar-refractivity contribution < 1.29 is 14.3 Å². The molecule has 1 aromatic carbocycles. The van der Waals surface area contributed by atoms with E-state index in [-0.39, 0.29) is 11.7 Å². The van der Waals surface area contributed by atoms with Crippen molar-refractivity contribution in [2.45, 2.75) is 26.7 Å². The maximum Gasteiger partial charge on any atom is 0.250 e. The summed E-state index contributed by atoms with van der Waals surface area (Å²) in [6.07, 6.45) is 2.15. The van der Waals surface area contributed by atoms with Crippen molar-refractivity contribution in [3.63, 3.8) is 0 Å². The molecule has 0 unspecified atom stereocenters. The molecule has 0 bridgehead atoms. The highest BCUT2D eigenvalue weighted by Crippen LogP contribution is 2.20. The van der Waals surface area contributed by atoms with E-state index in [1.807, 2.05) is 13.8 Å². The first kappa shape index (κ1) is 17.0. The molecular formula is C17H23NO3. The Morgan fingerprint density at radius 3 is 2.38 bits per heavy atom. The van der Waals surface area contributed by atoms with Gasteiger partial charge < -0.3 is 9.64 Å². The number of rotatable bonds is 8. The SMILES string of the molecule is C=CC(=O)N(CCC(=O)CC(C)C)c1ccc(OC)cc1. The molecule has 0 saturated carbocycles. The lowest BCUT2D eigenvalue weighted by Gasteiger charge is -2.21. The molecule has 0 saturated heterocycles. The van der Waals surface area contributed by atoms with E-state index in [9.17, 15) is 9.59 Å². The van der Waals surface area contributed by atoms with Crippen molar-refractivity contribution in [3.8, 4) is 5.75 Å². The lowest BCUT2D eigenvalue weighted by atomic mass is 10.0. The van der Waals surface area contributed by atoms with Gasteiger partial charge in [0.25, 0.3) is 0 Å². The van der Waals surface area contributed by atoms with Crippen LogP contribution in [0, 0.1) is 5.92 Å². The van der Waals surface area contributed by atoms with Crippen LogP contribution in [-0.4, -0.2) is 25.3 Å². The summed E-state index contributed by atoms with van der Waals surface area (Å²) in [5.74, 6) is 1.01. The van der Waals surface area contributed by atoms with Crippen molar-refractivity contribution in [1.29, 1.82) is 0 Å². The van der Waals surface area contributed by atoms with Crippen LogP contribution in [0.25, 0.3) is 0 Å². The summed E-state index contributed by atoms with van der Waals surface area (Å²) < 4.78 is 5.10. The number of nitrogens with zero attached hydrogens (tertiary/aromatic N) is 1. The minimum atomic E-state index is -0.211. The first-order valence-electron chi connectivity index (χ1n) is 7.07. The Morgan fingerprint density at radius 1 is 1.29 bits per heavy atom. The second kappa shape index (κ2) is 8.25. The fourth-order valence-electron chi connectivity index (χ4n) is 2.03. The van der Waals surface area contributed by atoms with Crippen LogP contribution in [0.15, 0.2) is 36.9 Å². The summed E-state index contributed by atoms with van der Waals surface area (Å²) in [4.78, 5) is 25.3. The highest BCUT2D eigenvalue weighted by molar-refractivity contribution is 6.01. The number of amides is 1. The maximum absolute atomic E-state index is 12.0. The molecular weight excluding hydrogens is 266 g/mol. The first-order chi connectivity index (χ1) is 9.97. The van der Waals surface area contributed by atoms with Crippen molar-refractivity contribution in [2.75, 3.05) is 18.6 Å². The molecule has 1 amide bonds. The van der Waals surface area contributed by atoms with Gasteiger partial charge in [-0.1, -0.05) is 20.4 Å². The zero-order chi connectivity index (χ0) is 15.8. The van der Waals surface area contributed by atoms with Gasteiger partial charge >= 0.3 is 0 Å². The van der Waals surface area contributed by atoms with Crippen LogP contribution in [0.1, 0.15) is 26.7 Å². The van der Waals surface area contributed by atoms with Crippen LogP contribution >= 0.6 is 0 Å². The van der Waals surface area contributed by atoms with E-state index in [0.717, 1.165) is 11.4 Å². The lowest BCUT2D eigenvalue weighted by Crippen LogP contribution is -2.31. The Balaban J connectivity index is 2.78. The Bertz CT molecular complexity index is 491. The van der Waals surface area contributed by atoms with Crippen LogP contribution in [0.2, 0.25) is 0 Å². The topological polar surface area (TPSA) is 46.6 Å². The minimum Gasteiger partial charge on any atom is -0.497 e. The largest absolute Gasteiger partial charge is 0.497 e. The fraction of sp³-hybridized carbons (Fsp3) is 0.412. The third kappa shape index (κ3) is 5.42. The molecule has 114 valence electrons. The second-order valence-electron chi connectivity index (χ2n) is 5.28. The number of benzene rings is 1. The number of Topliss-reactive ketones (excluding diaryl/α,β-unsaturated/α-hetero) is 1. The Hall–Kier alpha value is -2.10. The number of hydrogen-bond acceptors (Lipinski definition) is 3. The monoisotopic (exact) mass is 289 g/mol. The van der Waals surface area contributed by atoms with E-state index >= 15 is 0 Å². The van der Waals surface area contributed by atoms with Gasteiger partial charge in [0.05, 0.1) is 7.11 Å². The maximum atomic E-state index is 12.0. The van der Waals surface area contributed by atoms with E-state index in [2.05, 4.69) is 6.58 Å². The minimum absolute atomic E-state index is 0.167. The van der Waals surface area contributed by atoms with Gasteiger partial charge in [-0.3, -0.25) is 9.59 Å². The predicted octanol–water partition coefficient (Wildman–Crippen LogP) is 3.22. The molecule has 0 atom stereocenters. The van der Waals surface area contributed by atoms with E-state index in [0.29, 0.717) is 25.3 Å². The third-order valence-corrected chi connectivity index (χ3v) is 3.07. The molecule has 0 aliphatic carbocycles. The third-order valence-electron chi connectivity index (χ3n) is 3.07. The van der Waals surface area contributed by atoms with E-state index in [1.165, 1.54) is 6.08 Å². The Kier molecular flexibility index (Phi) is 6.66.